The molecule has 0 radical (unpaired) electrons. The van der Waals surface area contributed by atoms with Gasteiger partial charge >= 0.3 is 0 Å². The fraction of sp³-hybridized carbons (Fsp3) is 0.636. The van der Waals surface area contributed by atoms with Crippen LogP contribution in [0.3, 0.4) is 0 Å². The van der Waals surface area contributed by atoms with Gasteiger partial charge < -0.3 is 4.74 Å². The van der Waals surface area contributed by atoms with Gasteiger partial charge in [0.2, 0.25) is 0 Å². The summed E-state index contributed by atoms with van der Waals surface area (Å²) in [6.45, 7) is 1.55. The number of hydrogen-bond acceptors (Lipinski definition) is 4. The second-order valence-electron chi connectivity index (χ2n) is 3.95. The molecule has 0 atom stereocenters. The molecule has 1 fully saturated rings. The Morgan fingerprint density at radius 2 is 2.19 bits per heavy atom. The lowest BCUT2D eigenvalue weighted by molar-refractivity contribution is 0.0842. The zero-order valence-electron chi connectivity index (χ0n) is 9.60. The number of nitrogens with zero attached hydrogens (tertiary/aromatic N) is 2. The van der Waals surface area contributed by atoms with Gasteiger partial charge in [-0.3, -0.25) is 9.36 Å². The van der Waals surface area contributed by atoms with Crippen molar-refractivity contribution in [3.8, 4) is 0 Å². The summed E-state index contributed by atoms with van der Waals surface area (Å²) >= 11 is 1.51. The summed E-state index contributed by atoms with van der Waals surface area (Å²) in [5.41, 5.74) is 0.955. The molecule has 2 rings (SSSR count). The Balaban J connectivity index is 2.33. The van der Waals surface area contributed by atoms with Gasteiger partial charge in [0, 0.05) is 32.2 Å². The summed E-state index contributed by atoms with van der Waals surface area (Å²) in [4.78, 5) is 16.3. The highest BCUT2D eigenvalue weighted by atomic mass is 32.2. The van der Waals surface area contributed by atoms with E-state index in [1.165, 1.54) is 11.8 Å². The Morgan fingerprint density at radius 1 is 1.50 bits per heavy atom. The minimum absolute atomic E-state index is 0.0286. The number of thioether (sulfide) groups is 1. The summed E-state index contributed by atoms with van der Waals surface area (Å²) in [6, 6.07) is 1.66. The zero-order valence-corrected chi connectivity index (χ0v) is 10.4. The van der Waals surface area contributed by atoms with Gasteiger partial charge in [0.1, 0.15) is 0 Å². The molecular formula is C11H16N2O2S. The SMILES string of the molecule is CSc1nc(C2CCOCC2)cc(=O)n1C. The molecule has 1 aliphatic heterocycles. The topological polar surface area (TPSA) is 44.1 Å². The molecule has 1 aromatic heterocycles. The molecule has 4 nitrogen and oxygen atoms in total. The molecule has 88 valence electrons. The lowest BCUT2D eigenvalue weighted by Gasteiger charge is -2.22. The van der Waals surface area contributed by atoms with Gasteiger partial charge in [-0.05, 0) is 19.1 Å². The van der Waals surface area contributed by atoms with Crippen molar-refractivity contribution in [1.82, 2.24) is 9.55 Å². The maximum atomic E-state index is 11.7. The number of hydrogen-bond donors (Lipinski definition) is 0. The summed E-state index contributed by atoms with van der Waals surface area (Å²) in [5, 5.41) is 0.786. The maximum absolute atomic E-state index is 11.7. The van der Waals surface area contributed by atoms with E-state index in [1.807, 2.05) is 6.26 Å². The molecule has 16 heavy (non-hydrogen) atoms. The molecule has 0 N–H and O–H groups in total. The van der Waals surface area contributed by atoms with E-state index < -0.39 is 0 Å². The molecule has 0 unspecified atom stereocenters. The van der Waals surface area contributed by atoms with Crippen LogP contribution in [-0.4, -0.2) is 29.0 Å². The lowest BCUT2D eigenvalue weighted by Crippen LogP contribution is -2.23. The van der Waals surface area contributed by atoms with Crippen LogP contribution < -0.4 is 5.56 Å². The average Bonchev–Trinajstić information content (AvgIpc) is 2.33. The third kappa shape index (κ3) is 2.30. The standard InChI is InChI=1S/C11H16N2O2S/c1-13-10(14)7-9(12-11(13)16-2)8-3-5-15-6-4-8/h7-8H,3-6H2,1-2H3. The van der Waals surface area contributed by atoms with Crippen molar-refractivity contribution in [3.63, 3.8) is 0 Å². The van der Waals surface area contributed by atoms with Gasteiger partial charge in [0.05, 0.1) is 5.69 Å². The maximum Gasteiger partial charge on any atom is 0.254 e. The van der Waals surface area contributed by atoms with Crippen LogP contribution >= 0.6 is 11.8 Å². The van der Waals surface area contributed by atoms with Gasteiger partial charge in [-0.25, -0.2) is 4.98 Å². The lowest BCUT2D eigenvalue weighted by atomic mass is 9.96. The highest BCUT2D eigenvalue weighted by Gasteiger charge is 2.18. The molecule has 1 saturated heterocycles. The van der Waals surface area contributed by atoms with Gasteiger partial charge in [0.25, 0.3) is 5.56 Å². The Kier molecular flexibility index (Phi) is 3.66. The smallest absolute Gasteiger partial charge is 0.254 e. The Morgan fingerprint density at radius 3 is 2.81 bits per heavy atom. The fourth-order valence-electron chi connectivity index (χ4n) is 1.92. The minimum Gasteiger partial charge on any atom is -0.381 e. The van der Waals surface area contributed by atoms with Gasteiger partial charge in [0.15, 0.2) is 5.16 Å². The van der Waals surface area contributed by atoms with Crippen molar-refractivity contribution in [3.05, 3.63) is 22.1 Å². The first-order chi connectivity index (χ1) is 7.72. The minimum atomic E-state index is 0.0286. The number of ether oxygens (including phenoxy) is 1. The van der Waals surface area contributed by atoms with Crippen molar-refractivity contribution in [2.45, 2.75) is 23.9 Å². The van der Waals surface area contributed by atoms with Crippen LogP contribution in [0.1, 0.15) is 24.5 Å². The van der Waals surface area contributed by atoms with Crippen LogP contribution in [0.25, 0.3) is 0 Å². The molecule has 0 amide bonds. The van der Waals surface area contributed by atoms with Crippen molar-refractivity contribution in [1.29, 1.82) is 0 Å². The van der Waals surface area contributed by atoms with E-state index >= 15 is 0 Å². The van der Waals surface area contributed by atoms with Crippen LogP contribution in [0.4, 0.5) is 0 Å². The Labute approximate surface area is 99.0 Å². The second kappa shape index (κ2) is 5.01. The Hall–Kier alpha value is -0.810. The predicted octanol–water partition coefficient (Wildman–Crippen LogP) is 1.40. The third-order valence-electron chi connectivity index (χ3n) is 2.94. The molecule has 5 heteroatoms. The largest absolute Gasteiger partial charge is 0.381 e. The first kappa shape index (κ1) is 11.7. The second-order valence-corrected chi connectivity index (χ2v) is 4.73. The highest BCUT2D eigenvalue weighted by Crippen LogP contribution is 2.25. The summed E-state index contributed by atoms with van der Waals surface area (Å²) < 4.78 is 6.91. The van der Waals surface area contributed by atoms with Gasteiger partial charge in [-0.15, -0.1) is 0 Å². The highest BCUT2D eigenvalue weighted by molar-refractivity contribution is 7.98. The molecule has 0 bridgehead atoms. The quantitative estimate of drug-likeness (QED) is 0.579. The van der Waals surface area contributed by atoms with E-state index in [-0.39, 0.29) is 5.56 Å². The average molecular weight is 240 g/mol. The fourth-order valence-corrected chi connectivity index (χ4v) is 2.48. The first-order valence-electron chi connectivity index (χ1n) is 5.42. The van der Waals surface area contributed by atoms with E-state index in [0.29, 0.717) is 5.92 Å². The van der Waals surface area contributed by atoms with Crippen LogP contribution in [-0.2, 0) is 11.8 Å². The van der Waals surface area contributed by atoms with Crippen LogP contribution in [0.5, 0.6) is 0 Å². The van der Waals surface area contributed by atoms with Crippen LogP contribution in [0.2, 0.25) is 0 Å². The van der Waals surface area contributed by atoms with Crippen molar-refractivity contribution < 1.29 is 4.74 Å². The molecule has 1 aromatic rings. The molecule has 1 aliphatic rings. The van der Waals surface area contributed by atoms with E-state index in [4.69, 9.17) is 4.74 Å². The zero-order chi connectivity index (χ0) is 11.5. The molecule has 0 aromatic carbocycles. The van der Waals surface area contributed by atoms with Crippen LogP contribution in [0.15, 0.2) is 16.0 Å². The van der Waals surface area contributed by atoms with Gasteiger partial charge in [-0.1, -0.05) is 11.8 Å². The molecule has 0 saturated carbocycles. The summed E-state index contributed by atoms with van der Waals surface area (Å²) in [6.07, 6.45) is 3.87. The van der Waals surface area contributed by atoms with Crippen molar-refractivity contribution in [2.24, 2.45) is 7.05 Å². The third-order valence-corrected chi connectivity index (χ3v) is 3.67. The molecule has 2 heterocycles. The van der Waals surface area contributed by atoms with Crippen molar-refractivity contribution >= 4 is 11.8 Å². The molecule has 0 spiro atoms. The first-order valence-corrected chi connectivity index (χ1v) is 6.64. The van der Waals surface area contributed by atoms with Crippen LogP contribution in [0, 0.1) is 0 Å². The van der Waals surface area contributed by atoms with E-state index in [1.54, 1.807) is 17.7 Å². The predicted molar refractivity (Wildman–Crippen MR) is 64.1 cm³/mol. The summed E-state index contributed by atoms with van der Waals surface area (Å²) in [7, 11) is 1.76. The number of aromatic nitrogens is 2. The van der Waals surface area contributed by atoms with E-state index in [9.17, 15) is 4.79 Å². The van der Waals surface area contributed by atoms with Gasteiger partial charge in [-0.2, -0.15) is 0 Å². The number of rotatable bonds is 2. The normalized spacial score (nSPS) is 17.6. The summed E-state index contributed by atoms with van der Waals surface area (Å²) in [5.74, 6) is 0.383. The van der Waals surface area contributed by atoms with E-state index in [0.717, 1.165) is 36.9 Å². The molecule has 0 aliphatic carbocycles. The molecular weight excluding hydrogens is 224 g/mol. The van der Waals surface area contributed by atoms with Crippen molar-refractivity contribution in [2.75, 3.05) is 19.5 Å². The van der Waals surface area contributed by atoms with E-state index in [2.05, 4.69) is 4.98 Å². The monoisotopic (exact) mass is 240 g/mol. The Bertz CT molecular complexity index is 424.